The van der Waals surface area contributed by atoms with Gasteiger partial charge in [0.05, 0.1) is 0 Å². The van der Waals surface area contributed by atoms with Gasteiger partial charge >= 0.3 is 0 Å². The van der Waals surface area contributed by atoms with E-state index in [2.05, 4.69) is 31.0 Å². The van der Waals surface area contributed by atoms with Gasteiger partial charge in [-0.1, -0.05) is 26.7 Å². The van der Waals surface area contributed by atoms with Crippen molar-refractivity contribution < 1.29 is 0 Å². The van der Waals surface area contributed by atoms with Crippen molar-refractivity contribution in [3.63, 3.8) is 0 Å². The van der Waals surface area contributed by atoms with E-state index in [-0.39, 0.29) is 0 Å². The molecule has 1 aliphatic heterocycles. The van der Waals surface area contributed by atoms with Crippen LogP contribution in [0.3, 0.4) is 0 Å². The minimum atomic E-state index is 0.394. The van der Waals surface area contributed by atoms with Crippen LogP contribution in [0.2, 0.25) is 0 Å². The predicted octanol–water partition coefficient (Wildman–Crippen LogP) is 3.03. The van der Waals surface area contributed by atoms with Crippen LogP contribution in [0.4, 0.5) is 0 Å². The zero-order chi connectivity index (χ0) is 12.3. The Labute approximate surface area is 107 Å². The molecule has 1 saturated carbocycles. The smallest absolute Gasteiger partial charge is 0.0304 e. The monoisotopic (exact) mass is 238 g/mol. The minimum Gasteiger partial charge on any atom is -0.308 e. The summed E-state index contributed by atoms with van der Waals surface area (Å²) in [5.74, 6) is 0.988. The molecule has 0 spiro atoms. The Morgan fingerprint density at radius 1 is 1.18 bits per heavy atom. The first-order valence-electron chi connectivity index (χ1n) is 7.68. The number of hydrogen-bond acceptors (Lipinski definition) is 2. The van der Waals surface area contributed by atoms with Gasteiger partial charge in [0.2, 0.25) is 0 Å². The first kappa shape index (κ1) is 13.4. The lowest BCUT2D eigenvalue weighted by molar-refractivity contribution is 0.0676. The van der Waals surface area contributed by atoms with Crippen molar-refractivity contribution in [2.24, 2.45) is 5.92 Å². The molecule has 2 aliphatic rings. The number of nitrogens with one attached hydrogen (secondary N) is 1. The topological polar surface area (TPSA) is 15.3 Å². The number of piperazine rings is 1. The molecule has 2 nitrogen and oxygen atoms in total. The largest absolute Gasteiger partial charge is 0.308 e. The molecule has 0 aromatic rings. The highest BCUT2D eigenvalue weighted by atomic mass is 15.2. The average Bonchev–Trinajstić information content (AvgIpc) is 2.85. The van der Waals surface area contributed by atoms with E-state index in [0.29, 0.717) is 5.54 Å². The standard InChI is InChI=1S/C15H30N2/c1-4-15(5-2)12-17(13(3)10-16-15)11-14-8-6-7-9-14/h13-14,16H,4-12H2,1-3H3. The second-order valence-corrected chi connectivity index (χ2v) is 6.30. The molecule has 1 unspecified atom stereocenters. The van der Waals surface area contributed by atoms with Crippen LogP contribution in [0, 0.1) is 5.92 Å². The Kier molecular flexibility index (Phi) is 4.48. The van der Waals surface area contributed by atoms with Crippen molar-refractivity contribution in [1.29, 1.82) is 0 Å². The van der Waals surface area contributed by atoms with Crippen molar-refractivity contribution in [2.45, 2.75) is 70.9 Å². The molecule has 0 aromatic heterocycles. The Morgan fingerprint density at radius 2 is 1.82 bits per heavy atom. The maximum atomic E-state index is 3.79. The summed E-state index contributed by atoms with van der Waals surface area (Å²) < 4.78 is 0. The minimum absolute atomic E-state index is 0.394. The second-order valence-electron chi connectivity index (χ2n) is 6.30. The van der Waals surface area contributed by atoms with Gasteiger partial charge in [0.25, 0.3) is 0 Å². The maximum absolute atomic E-state index is 3.79. The Hall–Kier alpha value is -0.0800. The van der Waals surface area contributed by atoms with E-state index >= 15 is 0 Å². The number of nitrogens with zero attached hydrogens (tertiary/aromatic N) is 1. The summed E-state index contributed by atoms with van der Waals surface area (Å²) in [5.41, 5.74) is 0.394. The van der Waals surface area contributed by atoms with Gasteiger partial charge in [0, 0.05) is 31.2 Å². The third-order valence-corrected chi connectivity index (χ3v) is 5.22. The SMILES string of the molecule is CCC1(CC)CN(CC2CCCC2)C(C)CN1. The summed E-state index contributed by atoms with van der Waals surface area (Å²) in [7, 11) is 0. The van der Waals surface area contributed by atoms with Gasteiger partial charge in [-0.25, -0.2) is 0 Å². The normalized spacial score (nSPS) is 30.9. The van der Waals surface area contributed by atoms with Gasteiger partial charge in [-0.2, -0.15) is 0 Å². The fourth-order valence-corrected chi connectivity index (χ4v) is 3.59. The summed E-state index contributed by atoms with van der Waals surface area (Å²) in [4.78, 5) is 2.76. The van der Waals surface area contributed by atoms with E-state index in [0.717, 1.165) is 12.0 Å². The molecule has 2 fully saturated rings. The third kappa shape index (κ3) is 3.03. The fraction of sp³-hybridized carbons (Fsp3) is 1.00. The van der Waals surface area contributed by atoms with Crippen LogP contribution in [-0.2, 0) is 0 Å². The van der Waals surface area contributed by atoms with Gasteiger partial charge in [0.1, 0.15) is 0 Å². The molecule has 0 aromatic carbocycles. The molecule has 0 bridgehead atoms. The van der Waals surface area contributed by atoms with Crippen LogP contribution >= 0.6 is 0 Å². The average molecular weight is 238 g/mol. The van der Waals surface area contributed by atoms with Crippen LogP contribution in [0.15, 0.2) is 0 Å². The molecule has 2 heteroatoms. The molecule has 1 aliphatic carbocycles. The highest BCUT2D eigenvalue weighted by Gasteiger charge is 2.35. The molecule has 17 heavy (non-hydrogen) atoms. The zero-order valence-corrected chi connectivity index (χ0v) is 12.0. The molecule has 1 atom stereocenters. The summed E-state index contributed by atoms with van der Waals surface area (Å²) in [6.45, 7) is 10.8. The van der Waals surface area contributed by atoms with Crippen molar-refractivity contribution in [1.82, 2.24) is 10.2 Å². The van der Waals surface area contributed by atoms with Gasteiger partial charge in [-0.3, -0.25) is 4.90 Å². The van der Waals surface area contributed by atoms with Crippen LogP contribution in [0.1, 0.15) is 59.3 Å². The number of hydrogen-bond donors (Lipinski definition) is 1. The number of rotatable bonds is 4. The van der Waals surface area contributed by atoms with Gasteiger partial charge in [0.15, 0.2) is 0 Å². The molecular formula is C15H30N2. The molecule has 1 N–H and O–H groups in total. The van der Waals surface area contributed by atoms with E-state index in [9.17, 15) is 0 Å². The van der Waals surface area contributed by atoms with E-state index < -0.39 is 0 Å². The molecule has 0 radical (unpaired) electrons. The summed E-state index contributed by atoms with van der Waals surface area (Å²) in [6, 6.07) is 0.724. The lowest BCUT2D eigenvalue weighted by Crippen LogP contribution is -2.63. The van der Waals surface area contributed by atoms with Crippen molar-refractivity contribution >= 4 is 0 Å². The highest BCUT2D eigenvalue weighted by molar-refractivity contribution is 4.96. The van der Waals surface area contributed by atoms with Crippen LogP contribution in [0.5, 0.6) is 0 Å². The summed E-state index contributed by atoms with van der Waals surface area (Å²) in [5, 5.41) is 3.79. The fourth-order valence-electron chi connectivity index (χ4n) is 3.59. The van der Waals surface area contributed by atoms with Gasteiger partial charge in [-0.15, -0.1) is 0 Å². The van der Waals surface area contributed by atoms with E-state index in [1.807, 2.05) is 0 Å². The quantitative estimate of drug-likeness (QED) is 0.810. The van der Waals surface area contributed by atoms with Gasteiger partial charge < -0.3 is 5.32 Å². The van der Waals surface area contributed by atoms with Gasteiger partial charge in [-0.05, 0) is 38.5 Å². The summed E-state index contributed by atoms with van der Waals surface area (Å²) >= 11 is 0. The first-order valence-corrected chi connectivity index (χ1v) is 7.68. The van der Waals surface area contributed by atoms with Crippen LogP contribution in [0.25, 0.3) is 0 Å². The summed E-state index contributed by atoms with van der Waals surface area (Å²) in [6.07, 6.45) is 8.41. The van der Waals surface area contributed by atoms with Crippen LogP contribution < -0.4 is 5.32 Å². The second kappa shape index (κ2) is 5.71. The first-order chi connectivity index (χ1) is 8.19. The highest BCUT2D eigenvalue weighted by Crippen LogP contribution is 2.29. The molecule has 2 rings (SSSR count). The molecule has 1 saturated heterocycles. The van der Waals surface area contributed by atoms with Crippen molar-refractivity contribution in [2.75, 3.05) is 19.6 Å². The Balaban J connectivity index is 1.93. The van der Waals surface area contributed by atoms with Crippen molar-refractivity contribution in [3.8, 4) is 0 Å². The van der Waals surface area contributed by atoms with E-state index in [1.54, 1.807) is 0 Å². The van der Waals surface area contributed by atoms with E-state index in [4.69, 9.17) is 0 Å². The molecule has 100 valence electrons. The third-order valence-electron chi connectivity index (χ3n) is 5.22. The Bertz CT molecular complexity index is 229. The zero-order valence-electron chi connectivity index (χ0n) is 12.0. The lowest BCUT2D eigenvalue weighted by Gasteiger charge is -2.47. The van der Waals surface area contributed by atoms with E-state index in [1.165, 1.54) is 58.2 Å². The van der Waals surface area contributed by atoms with Crippen LogP contribution in [-0.4, -0.2) is 36.1 Å². The molecule has 0 amide bonds. The molecular weight excluding hydrogens is 208 g/mol. The predicted molar refractivity (Wildman–Crippen MR) is 74.3 cm³/mol. The lowest BCUT2D eigenvalue weighted by atomic mass is 9.88. The molecule has 1 heterocycles. The Morgan fingerprint density at radius 3 is 2.41 bits per heavy atom. The maximum Gasteiger partial charge on any atom is 0.0304 e. The van der Waals surface area contributed by atoms with Crippen molar-refractivity contribution in [3.05, 3.63) is 0 Å².